The average Bonchev–Trinajstić information content (AvgIpc) is 3.55. The molecule has 0 spiro atoms. The van der Waals surface area contributed by atoms with Gasteiger partial charge in [0.1, 0.15) is 0 Å². The molecule has 32 heavy (non-hydrogen) atoms. The highest BCUT2D eigenvalue weighted by Crippen LogP contribution is 2.33. The fourth-order valence-electron chi connectivity index (χ4n) is 5.87. The zero-order chi connectivity index (χ0) is 21.9. The highest BCUT2D eigenvalue weighted by atomic mass is 16.3. The van der Waals surface area contributed by atoms with Crippen LogP contribution in [0.4, 0.5) is 0 Å². The molecule has 0 bridgehead atoms. The van der Waals surface area contributed by atoms with Crippen molar-refractivity contribution in [2.45, 2.75) is 57.0 Å². The first-order valence-corrected chi connectivity index (χ1v) is 12.2. The van der Waals surface area contributed by atoms with Crippen LogP contribution in [0.25, 0.3) is 0 Å². The predicted molar refractivity (Wildman–Crippen MR) is 122 cm³/mol. The maximum absolute atomic E-state index is 13.7. The second kappa shape index (κ2) is 9.49. The molecule has 1 saturated heterocycles. The summed E-state index contributed by atoms with van der Waals surface area (Å²) < 4.78 is 5.29. The van der Waals surface area contributed by atoms with Gasteiger partial charge >= 0.3 is 0 Å². The standard InChI is InChI=1S/C26H33N3O3/c30-25(27-22-12-5-10-19-7-3-4-11-21(19)22)24(20-8-1-2-9-20)28-14-16-29(17-15-28)26(31)23-13-6-18-32-23/h3-4,6-7,11,13,18,20,22,24H,1-2,5,8-10,12,14-17H2,(H,27,30)/t22-,24+/m0/s1. The number of carbonyl (C=O) groups is 2. The van der Waals surface area contributed by atoms with Gasteiger partial charge in [0.25, 0.3) is 5.91 Å². The average molecular weight is 436 g/mol. The molecule has 0 radical (unpaired) electrons. The second-order valence-electron chi connectivity index (χ2n) is 9.45. The number of rotatable bonds is 5. The number of piperazine rings is 1. The van der Waals surface area contributed by atoms with E-state index in [1.807, 2.05) is 4.90 Å². The fraction of sp³-hybridized carbons (Fsp3) is 0.538. The smallest absolute Gasteiger partial charge is 0.289 e. The van der Waals surface area contributed by atoms with Crippen LogP contribution < -0.4 is 5.32 Å². The molecule has 1 aromatic heterocycles. The van der Waals surface area contributed by atoms with Crippen LogP contribution in [0.5, 0.6) is 0 Å². The van der Waals surface area contributed by atoms with E-state index in [1.165, 1.54) is 30.2 Å². The summed E-state index contributed by atoms with van der Waals surface area (Å²) in [6.45, 7) is 2.70. The van der Waals surface area contributed by atoms with Gasteiger partial charge in [0, 0.05) is 26.2 Å². The van der Waals surface area contributed by atoms with Gasteiger partial charge in [0.05, 0.1) is 18.3 Å². The molecule has 0 unspecified atom stereocenters. The maximum Gasteiger partial charge on any atom is 0.289 e. The van der Waals surface area contributed by atoms with Gasteiger partial charge in [-0.05, 0) is 61.3 Å². The molecule has 2 amide bonds. The highest BCUT2D eigenvalue weighted by Gasteiger charge is 2.38. The van der Waals surface area contributed by atoms with Gasteiger partial charge < -0.3 is 14.6 Å². The molecule has 170 valence electrons. The lowest BCUT2D eigenvalue weighted by atomic mass is 9.87. The van der Waals surface area contributed by atoms with Crippen molar-refractivity contribution in [2.75, 3.05) is 26.2 Å². The summed E-state index contributed by atoms with van der Waals surface area (Å²) in [4.78, 5) is 30.5. The van der Waals surface area contributed by atoms with E-state index in [-0.39, 0.29) is 23.9 Å². The van der Waals surface area contributed by atoms with Crippen molar-refractivity contribution < 1.29 is 14.0 Å². The highest BCUT2D eigenvalue weighted by molar-refractivity contribution is 5.91. The Hall–Kier alpha value is -2.60. The second-order valence-corrected chi connectivity index (χ2v) is 9.45. The topological polar surface area (TPSA) is 65.8 Å². The van der Waals surface area contributed by atoms with Crippen LogP contribution in [0.2, 0.25) is 0 Å². The van der Waals surface area contributed by atoms with E-state index in [0.29, 0.717) is 24.8 Å². The molecule has 5 rings (SSSR count). The molecule has 2 heterocycles. The fourth-order valence-corrected chi connectivity index (χ4v) is 5.87. The summed E-state index contributed by atoms with van der Waals surface area (Å²) in [5.74, 6) is 0.903. The monoisotopic (exact) mass is 435 g/mol. The first kappa shape index (κ1) is 21.3. The molecule has 1 aliphatic heterocycles. The largest absolute Gasteiger partial charge is 0.459 e. The number of nitrogens with one attached hydrogen (secondary N) is 1. The van der Waals surface area contributed by atoms with Crippen LogP contribution in [-0.4, -0.2) is 53.8 Å². The van der Waals surface area contributed by atoms with Gasteiger partial charge in [0.15, 0.2) is 5.76 Å². The normalized spacial score (nSPS) is 23.0. The van der Waals surface area contributed by atoms with Crippen LogP contribution in [0.3, 0.4) is 0 Å². The van der Waals surface area contributed by atoms with Crippen LogP contribution in [0.1, 0.15) is 66.2 Å². The Kier molecular flexibility index (Phi) is 6.30. The number of nitrogens with zero attached hydrogens (tertiary/aromatic N) is 2. The molecule has 1 aromatic carbocycles. The zero-order valence-corrected chi connectivity index (χ0v) is 18.7. The van der Waals surface area contributed by atoms with E-state index in [0.717, 1.165) is 45.2 Å². The molecular formula is C26H33N3O3. The third-order valence-electron chi connectivity index (χ3n) is 7.53. The van der Waals surface area contributed by atoms with Gasteiger partial charge in [-0.15, -0.1) is 0 Å². The van der Waals surface area contributed by atoms with Crippen LogP contribution >= 0.6 is 0 Å². The van der Waals surface area contributed by atoms with Gasteiger partial charge in [-0.3, -0.25) is 14.5 Å². The molecule has 2 aliphatic carbocycles. The van der Waals surface area contributed by atoms with Gasteiger partial charge in [-0.25, -0.2) is 0 Å². The van der Waals surface area contributed by atoms with Crippen molar-refractivity contribution in [1.82, 2.24) is 15.1 Å². The van der Waals surface area contributed by atoms with Crippen LogP contribution in [-0.2, 0) is 11.2 Å². The van der Waals surface area contributed by atoms with Crippen molar-refractivity contribution in [3.8, 4) is 0 Å². The number of carbonyl (C=O) groups excluding carboxylic acids is 2. The van der Waals surface area contributed by atoms with Crippen LogP contribution in [0, 0.1) is 5.92 Å². The van der Waals surface area contributed by atoms with Crippen molar-refractivity contribution in [3.63, 3.8) is 0 Å². The summed E-state index contributed by atoms with van der Waals surface area (Å²) in [5.41, 5.74) is 2.65. The lowest BCUT2D eigenvalue weighted by Gasteiger charge is -2.41. The van der Waals surface area contributed by atoms with E-state index in [9.17, 15) is 9.59 Å². The SMILES string of the molecule is O=C(N[C@H]1CCCc2ccccc21)[C@@H](C1CCCC1)N1CCN(C(=O)c2ccco2)CC1. The maximum atomic E-state index is 13.7. The Labute approximate surface area is 189 Å². The summed E-state index contributed by atoms with van der Waals surface area (Å²) in [6.07, 6.45) is 9.40. The van der Waals surface area contributed by atoms with E-state index in [1.54, 1.807) is 12.1 Å². The molecule has 2 aromatic rings. The van der Waals surface area contributed by atoms with Crippen molar-refractivity contribution in [3.05, 3.63) is 59.5 Å². The number of hydrogen-bond donors (Lipinski definition) is 1. The summed E-state index contributed by atoms with van der Waals surface area (Å²) in [7, 11) is 0. The zero-order valence-electron chi connectivity index (χ0n) is 18.7. The third kappa shape index (κ3) is 4.33. The Morgan fingerprint density at radius 1 is 0.938 bits per heavy atom. The van der Waals surface area contributed by atoms with E-state index in [4.69, 9.17) is 4.42 Å². The molecule has 2 atom stereocenters. The van der Waals surface area contributed by atoms with Gasteiger partial charge in [-0.1, -0.05) is 37.1 Å². The molecular weight excluding hydrogens is 402 g/mol. The Morgan fingerprint density at radius 3 is 2.47 bits per heavy atom. The number of fused-ring (bicyclic) bond motifs is 1. The van der Waals surface area contributed by atoms with E-state index in [2.05, 4.69) is 34.5 Å². The van der Waals surface area contributed by atoms with E-state index < -0.39 is 0 Å². The van der Waals surface area contributed by atoms with Crippen LogP contribution in [0.15, 0.2) is 47.1 Å². The lowest BCUT2D eigenvalue weighted by molar-refractivity contribution is -0.130. The van der Waals surface area contributed by atoms with Gasteiger partial charge in [0.2, 0.25) is 5.91 Å². The molecule has 3 aliphatic rings. The summed E-state index contributed by atoms with van der Waals surface area (Å²) >= 11 is 0. The summed E-state index contributed by atoms with van der Waals surface area (Å²) in [5, 5.41) is 3.43. The van der Waals surface area contributed by atoms with Crippen molar-refractivity contribution in [2.24, 2.45) is 5.92 Å². The van der Waals surface area contributed by atoms with Crippen molar-refractivity contribution in [1.29, 1.82) is 0 Å². The minimum Gasteiger partial charge on any atom is -0.459 e. The molecule has 2 fully saturated rings. The van der Waals surface area contributed by atoms with Crippen molar-refractivity contribution >= 4 is 11.8 Å². The Balaban J connectivity index is 1.27. The lowest BCUT2D eigenvalue weighted by Crippen LogP contribution is -2.58. The predicted octanol–water partition coefficient (Wildman–Crippen LogP) is 3.79. The number of aryl methyl sites for hydroxylation is 1. The molecule has 1 saturated carbocycles. The van der Waals surface area contributed by atoms with Gasteiger partial charge in [-0.2, -0.15) is 0 Å². The molecule has 6 nitrogen and oxygen atoms in total. The van der Waals surface area contributed by atoms with E-state index >= 15 is 0 Å². The first-order valence-electron chi connectivity index (χ1n) is 12.2. The number of furan rings is 1. The Morgan fingerprint density at radius 2 is 1.72 bits per heavy atom. The first-order chi connectivity index (χ1) is 15.7. The minimum atomic E-state index is -0.104. The number of benzene rings is 1. The minimum absolute atomic E-state index is 0.0599. The third-order valence-corrected chi connectivity index (χ3v) is 7.53. The molecule has 6 heteroatoms. The molecule has 1 N–H and O–H groups in total. The summed E-state index contributed by atoms with van der Waals surface area (Å²) in [6, 6.07) is 12.0. The number of amides is 2. The number of hydrogen-bond acceptors (Lipinski definition) is 4. The quantitative estimate of drug-likeness (QED) is 0.776. The Bertz CT molecular complexity index is 928.